The predicted molar refractivity (Wildman–Crippen MR) is 210 cm³/mol. The Bertz CT molecular complexity index is 2050. The first-order valence-corrected chi connectivity index (χ1v) is 17.5. The van der Waals surface area contributed by atoms with Gasteiger partial charge < -0.3 is 0 Å². The van der Waals surface area contributed by atoms with Crippen molar-refractivity contribution in [3.05, 3.63) is 197 Å². The molecule has 1 nitrogen and oxygen atoms in total. The van der Waals surface area contributed by atoms with Gasteiger partial charge >= 0.3 is 0 Å². The third kappa shape index (κ3) is 5.98. The van der Waals surface area contributed by atoms with Gasteiger partial charge in [-0.25, -0.2) is 0 Å². The van der Waals surface area contributed by atoms with Gasteiger partial charge in [0.15, 0.2) is 0 Å². The average molecular weight is 642 g/mol. The van der Waals surface area contributed by atoms with E-state index in [0.717, 1.165) is 5.57 Å². The fourth-order valence-corrected chi connectivity index (χ4v) is 8.28. The number of benzene rings is 3. The van der Waals surface area contributed by atoms with E-state index in [1.165, 1.54) is 72.3 Å². The highest BCUT2D eigenvalue weighted by Gasteiger charge is 2.35. The van der Waals surface area contributed by atoms with Gasteiger partial charge in [-0.2, -0.15) is 0 Å². The molecule has 0 spiro atoms. The van der Waals surface area contributed by atoms with Crippen LogP contribution in [0.3, 0.4) is 0 Å². The highest BCUT2D eigenvalue weighted by atomic mass is 32.2. The molecule has 1 aliphatic heterocycles. The maximum Gasteiger partial charge on any atom is 0.0997 e. The van der Waals surface area contributed by atoms with Crippen LogP contribution >= 0.6 is 11.8 Å². The quantitative estimate of drug-likeness (QED) is 0.284. The van der Waals surface area contributed by atoms with Crippen LogP contribution in [0.2, 0.25) is 0 Å². The third-order valence-electron chi connectivity index (χ3n) is 9.67. The largest absolute Gasteiger partial charge is 0.293 e. The summed E-state index contributed by atoms with van der Waals surface area (Å²) in [4.78, 5) is 1.19. The zero-order valence-electron chi connectivity index (χ0n) is 28.3. The Morgan fingerprint density at radius 1 is 0.708 bits per heavy atom. The van der Waals surface area contributed by atoms with Crippen molar-refractivity contribution in [2.75, 3.05) is 0 Å². The summed E-state index contributed by atoms with van der Waals surface area (Å²) in [5.41, 5.74) is 14.0. The lowest BCUT2D eigenvalue weighted by molar-refractivity contribution is 0.606. The van der Waals surface area contributed by atoms with Gasteiger partial charge in [0.25, 0.3) is 0 Å². The van der Waals surface area contributed by atoms with Gasteiger partial charge in [0.1, 0.15) is 0 Å². The molecule has 238 valence electrons. The first-order chi connectivity index (χ1) is 23.3. The number of hydrogen-bond donors (Lipinski definition) is 1. The molecule has 4 aliphatic rings. The monoisotopic (exact) mass is 641 g/mol. The maximum atomic E-state index is 7.83. The molecule has 1 heterocycles. The van der Waals surface area contributed by atoms with Crippen molar-refractivity contribution in [3.63, 3.8) is 0 Å². The third-order valence-corrected chi connectivity index (χ3v) is 10.7. The van der Waals surface area contributed by atoms with E-state index in [1.807, 2.05) is 49.4 Å². The van der Waals surface area contributed by atoms with Gasteiger partial charge in [-0.05, 0) is 75.6 Å². The van der Waals surface area contributed by atoms with Crippen LogP contribution in [0.1, 0.15) is 49.9 Å². The molecule has 48 heavy (non-hydrogen) atoms. The van der Waals surface area contributed by atoms with Crippen LogP contribution in [0.15, 0.2) is 180 Å². The van der Waals surface area contributed by atoms with E-state index in [4.69, 9.17) is 5.41 Å². The van der Waals surface area contributed by atoms with Crippen LogP contribution in [-0.4, -0.2) is 5.04 Å². The van der Waals surface area contributed by atoms with Crippen molar-refractivity contribution in [1.29, 1.82) is 5.41 Å². The minimum absolute atomic E-state index is 0.00878. The van der Waals surface area contributed by atoms with Gasteiger partial charge in [-0.3, -0.25) is 5.41 Å². The lowest BCUT2D eigenvalue weighted by Gasteiger charge is -2.34. The second-order valence-corrected chi connectivity index (χ2v) is 13.9. The van der Waals surface area contributed by atoms with Crippen LogP contribution in [0.5, 0.6) is 0 Å². The van der Waals surface area contributed by atoms with Crippen LogP contribution in [0, 0.1) is 17.2 Å². The lowest BCUT2D eigenvalue weighted by Crippen LogP contribution is -2.22. The van der Waals surface area contributed by atoms with E-state index in [-0.39, 0.29) is 11.3 Å². The summed E-state index contributed by atoms with van der Waals surface area (Å²) < 4.78 is 0. The number of nitrogens with one attached hydrogen (secondary N) is 1. The van der Waals surface area contributed by atoms with Crippen molar-refractivity contribution in [1.82, 2.24) is 0 Å². The molecule has 3 aliphatic carbocycles. The standard InChI is InChI=1S/C34H32.C12H11NS/c1-6-13-26-24(7-2)27-14-9-10-15-28(27)29(25(26)8-3)20-18-23-19-21-31-30-16-11-12-17-32(30)34(4,5)33(31)22-23;1-2-3-6-10-9-7-4-5-8-11(9)14-12(10)13/h6-22,27-28H,2-3H2,1,4-5H3;2-8,13H,1H3/b13-6-,20-18-;3-2-,10-6-,13-12?. The minimum atomic E-state index is 0.00878. The summed E-state index contributed by atoms with van der Waals surface area (Å²) in [5, 5.41) is 8.47. The van der Waals surface area contributed by atoms with Gasteiger partial charge in [0.2, 0.25) is 0 Å². The van der Waals surface area contributed by atoms with Crippen LogP contribution < -0.4 is 0 Å². The molecule has 2 heteroatoms. The molecular formula is C46H43NS. The molecule has 7 rings (SSSR count). The predicted octanol–water partition coefficient (Wildman–Crippen LogP) is 12.6. The maximum absolute atomic E-state index is 7.83. The molecule has 0 radical (unpaired) electrons. The number of fused-ring (bicyclic) bond motifs is 5. The fourth-order valence-electron chi connectivity index (χ4n) is 7.33. The number of rotatable bonds is 6. The topological polar surface area (TPSA) is 23.9 Å². The van der Waals surface area contributed by atoms with Crippen molar-refractivity contribution in [3.8, 4) is 11.1 Å². The summed E-state index contributed by atoms with van der Waals surface area (Å²) in [6, 6.07) is 23.9. The molecule has 3 aromatic carbocycles. The lowest BCUT2D eigenvalue weighted by atomic mass is 9.69. The van der Waals surface area contributed by atoms with Crippen molar-refractivity contribution < 1.29 is 0 Å². The normalized spacial score (nSPS) is 21.1. The van der Waals surface area contributed by atoms with Crippen molar-refractivity contribution in [2.45, 2.75) is 38.0 Å². The molecule has 0 aromatic heterocycles. The smallest absolute Gasteiger partial charge is 0.0997 e. The van der Waals surface area contributed by atoms with Gasteiger partial charge in [0, 0.05) is 27.7 Å². The summed E-state index contributed by atoms with van der Waals surface area (Å²) in [7, 11) is 0. The van der Waals surface area contributed by atoms with Crippen molar-refractivity contribution in [2.24, 2.45) is 11.8 Å². The Kier molecular flexibility index (Phi) is 9.66. The van der Waals surface area contributed by atoms with E-state index in [2.05, 4.69) is 137 Å². The molecule has 0 amide bonds. The van der Waals surface area contributed by atoms with E-state index in [0.29, 0.717) is 11.0 Å². The minimum Gasteiger partial charge on any atom is -0.293 e. The first kappa shape index (κ1) is 33.0. The van der Waals surface area contributed by atoms with Crippen LogP contribution in [0.4, 0.5) is 0 Å². The summed E-state index contributed by atoms with van der Waals surface area (Å²) in [5.74, 6) is 0.580. The van der Waals surface area contributed by atoms with E-state index >= 15 is 0 Å². The van der Waals surface area contributed by atoms with Gasteiger partial charge in [0.05, 0.1) is 5.04 Å². The molecule has 3 aromatic rings. The summed E-state index contributed by atoms with van der Waals surface area (Å²) in [6.45, 7) is 17.0. The van der Waals surface area contributed by atoms with E-state index < -0.39 is 0 Å². The van der Waals surface area contributed by atoms with Crippen LogP contribution in [-0.2, 0) is 5.41 Å². The van der Waals surface area contributed by atoms with Gasteiger partial charge in [-0.1, -0.05) is 178 Å². The average Bonchev–Trinajstić information content (AvgIpc) is 3.55. The summed E-state index contributed by atoms with van der Waals surface area (Å²) in [6.07, 6.45) is 27.8. The molecule has 0 fully saturated rings. The molecule has 0 bridgehead atoms. The Morgan fingerprint density at radius 3 is 2.10 bits per heavy atom. The van der Waals surface area contributed by atoms with E-state index in [1.54, 1.807) is 0 Å². The Labute approximate surface area is 291 Å². The molecule has 0 saturated heterocycles. The zero-order chi connectivity index (χ0) is 33.8. The summed E-state index contributed by atoms with van der Waals surface area (Å²) >= 11 is 1.53. The number of allylic oxidation sites excluding steroid dienone is 16. The fraction of sp³-hybridized carbons (Fsp3) is 0.152. The second kappa shape index (κ2) is 14.1. The number of hydrogen-bond acceptors (Lipinski definition) is 2. The molecule has 2 atom stereocenters. The van der Waals surface area contributed by atoms with Gasteiger partial charge in [-0.15, -0.1) is 0 Å². The van der Waals surface area contributed by atoms with E-state index in [9.17, 15) is 0 Å². The Balaban J connectivity index is 0.000000239. The number of thioether (sulfide) groups is 1. The first-order valence-electron chi connectivity index (χ1n) is 16.7. The SMILES string of the molecule is C/C=C\C=C1/C(=N)Sc2ccccc21.C=CC1=C(/C=C\c2ccc3c(c2)C(C)(C)c2ccccc2-3)C2C=CC=CC2C(C=C)=C1/C=C\C. The zero-order valence-corrected chi connectivity index (χ0v) is 29.2. The highest BCUT2D eigenvalue weighted by Crippen LogP contribution is 2.49. The molecule has 2 unspecified atom stereocenters. The highest BCUT2D eigenvalue weighted by molar-refractivity contribution is 8.15. The Morgan fingerprint density at radius 2 is 1.40 bits per heavy atom. The molecule has 0 saturated carbocycles. The molecular weight excluding hydrogens is 599 g/mol. The Hall–Kier alpha value is -4.92. The second-order valence-electron chi connectivity index (χ2n) is 12.8. The molecule has 1 N–H and O–H groups in total. The van der Waals surface area contributed by atoms with Crippen LogP contribution in [0.25, 0.3) is 22.8 Å². The van der Waals surface area contributed by atoms with Crippen molar-refractivity contribution >= 4 is 28.5 Å².